The molecular weight excluding hydrogens is 330 g/mol. The van der Waals surface area contributed by atoms with Crippen molar-refractivity contribution in [1.29, 1.82) is 0 Å². The Morgan fingerprint density at radius 3 is 2.77 bits per heavy atom. The van der Waals surface area contributed by atoms with Crippen molar-refractivity contribution in [2.24, 2.45) is 0 Å². The van der Waals surface area contributed by atoms with E-state index >= 15 is 0 Å². The van der Waals surface area contributed by atoms with Crippen molar-refractivity contribution in [1.82, 2.24) is 29.9 Å². The Bertz CT molecular complexity index is 868. The smallest absolute Gasteiger partial charge is 0.246 e. The van der Waals surface area contributed by atoms with Crippen molar-refractivity contribution >= 4 is 5.95 Å². The molecule has 0 saturated heterocycles. The number of aromatic nitrogens is 6. The van der Waals surface area contributed by atoms with Crippen molar-refractivity contribution in [2.75, 3.05) is 11.9 Å². The van der Waals surface area contributed by atoms with Crippen molar-refractivity contribution in [2.45, 2.75) is 53.1 Å². The SMILES string of the molecule is CCCn1cc(-c2ccnc(N(C)Cc3nc(C(C)C)no3)n2)c(C)n1. The van der Waals surface area contributed by atoms with Crippen LogP contribution in [0, 0.1) is 6.92 Å². The molecule has 0 bridgehead atoms. The van der Waals surface area contributed by atoms with Gasteiger partial charge in [0, 0.05) is 37.5 Å². The molecule has 0 saturated carbocycles. The van der Waals surface area contributed by atoms with Gasteiger partial charge in [-0.25, -0.2) is 9.97 Å². The highest BCUT2D eigenvalue weighted by Crippen LogP contribution is 2.22. The van der Waals surface area contributed by atoms with Crippen LogP contribution in [0.3, 0.4) is 0 Å². The minimum atomic E-state index is 0.236. The third-order valence-electron chi connectivity index (χ3n) is 4.03. The van der Waals surface area contributed by atoms with Gasteiger partial charge in [-0.1, -0.05) is 25.9 Å². The highest BCUT2D eigenvalue weighted by Gasteiger charge is 2.15. The van der Waals surface area contributed by atoms with Gasteiger partial charge in [0.15, 0.2) is 5.82 Å². The summed E-state index contributed by atoms with van der Waals surface area (Å²) in [5, 5.41) is 8.54. The van der Waals surface area contributed by atoms with Crippen molar-refractivity contribution < 1.29 is 4.52 Å². The first kappa shape index (κ1) is 18.0. The first-order valence-electron chi connectivity index (χ1n) is 8.89. The molecule has 8 nitrogen and oxygen atoms in total. The predicted molar refractivity (Wildman–Crippen MR) is 98.8 cm³/mol. The second-order valence-corrected chi connectivity index (χ2v) is 6.69. The molecule has 0 spiro atoms. The lowest BCUT2D eigenvalue weighted by Crippen LogP contribution is -2.19. The summed E-state index contributed by atoms with van der Waals surface area (Å²) in [4.78, 5) is 15.4. The molecule has 0 radical (unpaired) electrons. The van der Waals surface area contributed by atoms with Gasteiger partial charge in [0.25, 0.3) is 0 Å². The first-order chi connectivity index (χ1) is 12.5. The molecule has 0 N–H and O–H groups in total. The Kier molecular flexibility index (Phi) is 5.29. The van der Waals surface area contributed by atoms with Crippen LogP contribution < -0.4 is 4.90 Å². The van der Waals surface area contributed by atoms with E-state index in [0.717, 1.165) is 29.9 Å². The molecule has 0 amide bonds. The minimum Gasteiger partial charge on any atom is -0.337 e. The third-order valence-corrected chi connectivity index (χ3v) is 4.03. The highest BCUT2D eigenvalue weighted by atomic mass is 16.5. The fourth-order valence-corrected chi connectivity index (χ4v) is 2.64. The van der Waals surface area contributed by atoms with Gasteiger partial charge in [-0.2, -0.15) is 10.1 Å². The van der Waals surface area contributed by atoms with Crippen LogP contribution in [0.4, 0.5) is 5.95 Å². The van der Waals surface area contributed by atoms with Gasteiger partial charge < -0.3 is 9.42 Å². The van der Waals surface area contributed by atoms with E-state index in [4.69, 9.17) is 4.52 Å². The fourth-order valence-electron chi connectivity index (χ4n) is 2.64. The molecule has 8 heteroatoms. The van der Waals surface area contributed by atoms with Crippen LogP contribution in [0.1, 0.15) is 50.5 Å². The van der Waals surface area contributed by atoms with Gasteiger partial charge in [-0.3, -0.25) is 4.68 Å². The lowest BCUT2D eigenvalue weighted by molar-refractivity contribution is 0.370. The molecule has 0 fully saturated rings. The maximum Gasteiger partial charge on any atom is 0.246 e. The molecule has 0 unspecified atom stereocenters. The largest absolute Gasteiger partial charge is 0.337 e. The molecule has 3 aromatic heterocycles. The maximum absolute atomic E-state index is 5.31. The Morgan fingerprint density at radius 2 is 2.08 bits per heavy atom. The van der Waals surface area contributed by atoms with E-state index in [2.05, 4.69) is 32.1 Å². The van der Waals surface area contributed by atoms with Gasteiger partial charge in [0.1, 0.15) is 0 Å². The monoisotopic (exact) mass is 355 g/mol. The summed E-state index contributed by atoms with van der Waals surface area (Å²) in [5.41, 5.74) is 2.84. The van der Waals surface area contributed by atoms with Crippen molar-refractivity contribution in [3.8, 4) is 11.3 Å². The number of hydrogen-bond donors (Lipinski definition) is 0. The topological polar surface area (TPSA) is 85.8 Å². The van der Waals surface area contributed by atoms with Crippen molar-refractivity contribution in [3.63, 3.8) is 0 Å². The maximum atomic E-state index is 5.31. The molecule has 0 aliphatic heterocycles. The molecule has 0 aliphatic carbocycles. The molecule has 0 atom stereocenters. The number of hydrogen-bond acceptors (Lipinski definition) is 7. The lowest BCUT2D eigenvalue weighted by atomic mass is 10.2. The molecule has 26 heavy (non-hydrogen) atoms. The van der Waals surface area contributed by atoms with Gasteiger partial charge >= 0.3 is 0 Å². The van der Waals surface area contributed by atoms with Gasteiger partial charge in [0.05, 0.1) is 17.9 Å². The minimum absolute atomic E-state index is 0.236. The predicted octanol–water partition coefficient (Wildman–Crippen LogP) is 3.20. The van der Waals surface area contributed by atoms with Crippen LogP contribution in [0.25, 0.3) is 11.3 Å². The summed E-state index contributed by atoms with van der Waals surface area (Å²) in [7, 11) is 1.91. The van der Waals surface area contributed by atoms with E-state index in [-0.39, 0.29) is 5.92 Å². The summed E-state index contributed by atoms with van der Waals surface area (Å²) in [6, 6.07) is 1.90. The normalized spacial score (nSPS) is 11.3. The van der Waals surface area contributed by atoms with Crippen LogP contribution in [-0.4, -0.2) is 36.9 Å². The Balaban J connectivity index is 1.79. The van der Waals surface area contributed by atoms with E-state index in [0.29, 0.717) is 24.2 Å². The zero-order chi connectivity index (χ0) is 18.7. The Labute approximate surface area is 153 Å². The summed E-state index contributed by atoms with van der Waals surface area (Å²) < 4.78 is 7.27. The number of rotatable bonds is 7. The Hall–Kier alpha value is -2.77. The van der Waals surface area contributed by atoms with Crippen molar-refractivity contribution in [3.05, 3.63) is 35.9 Å². The van der Waals surface area contributed by atoms with E-state index in [1.807, 2.05) is 49.7 Å². The number of anilines is 1. The summed E-state index contributed by atoms with van der Waals surface area (Å²) in [5.74, 6) is 2.11. The summed E-state index contributed by atoms with van der Waals surface area (Å²) >= 11 is 0. The second kappa shape index (κ2) is 7.63. The van der Waals surface area contributed by atoms with Crippen LogP contribution >= 0.6 is 0 Å². The number of nitrogens with zero attached hydrogens (tertiary/aromatic N) is 7. The average molecular weight is 355 g/mol. The molecule has 3 rings (SSSR count). The van der Waals surface area contributed by atoms with E-state index in [9.17, 15) is 0 Å². The quantitative estimate of drug-likeness (QED) is 0.643. The van der Waals surface area contributed by atoms with E-state index in [1.165, 1.54) is 0 Å². The average Bonchev–Trinajstić information content (AvgIpc) is 3.22. The fraction of sp³-hybridized carbons (Fsp3) is 0.500. The Morgan fingerprint density at radius 1 is 1.27 bits per heavy atom. The van der Waals surface area contributed by atoms with Crippen LogP contribution in [0.15, 0.2) is 23.0 Å². The van der Waals surface area contributed by atoms with Crippen LogP contribution in [0.5, 0.6) is 0 Å². The molecule has 0 aromatic carbocycles. The van der Waals surface area contributed by atoms with Gasteiger partial charge in [0.2, 0.25) is 11.8 Å². The van der Waals surface area contributed by atoms with E-state index in [1.54, 1.807) is 6.20 Å². The van der Waals surface area contributed by atoms with E-state index < -0.39 is 0 Å². The second-order valence-electron chi connectivity index (χ2n) is 6.69. The van der Waals surface area contributed by atoms with Crippen LogP contribution in [0.2, 0.25) is 0 Å². The zero-order valence-corrected chi connectivity index (χ0v) is 16.0. The van der Waals surface area contributed by atoms with Crippen LogP contribution in [-0.2, 0) is 13.1 Å². The molecule has 138 valence electrons. The summed E-state index contributed by atoms with van der Waals surface area (Å²) in [6.45, 7) is 9.55. The molecule has 3 aromatic rings. The zero-order valence-electron chi connectivity index (χ0n) is 16.0. The molecular formula is C18H25N7O. The third kappa shape index (κ3) is 3.89. The molecule has 3 heterocycles. The highest BCUT2D eigenvalue weighted by molar-refractivity contribution is 5.61. The van der Waals surface area contributed by atoms with Gasteiger partial charge in [-0.05, 0) is 19.4 Å². The standard InChI is InChI=1S/C18H25N7O/c1-6-9-25-10-14(13(4)22-25)15-7-8-19-18(20-15)24(5)11-16-21-17(12(2)3)23-26-16/h7-8,10,12H,6,9,11H2,1-5H3. The van der Waals surface area contributed by atoms with Gasteiger partial charge in [-0.15, -0.1) is 0 Å². The number of aryl methyl sites for hydroxylation is 2. The summed E-state index contributed by atoms with van der Waals surface area (Å²) in [6.07, 6.45) is 4.84. The lowest BCUT2D eigenvalue weighted by Gasteiger charge is -2.14. The first-order valence-corrected chi connectivity index (χ1v) is 8.89. The molecule has 0 aliphatic rings.